The lowest BCUT2D eigenvalue weighted by Crippen LogP contribution is -2.26. The third-order valence-electron chi connectivity index (χ3n) is 1.72. The van der Waals surface area contributed by atoms with Crippen molar-refractivity contribution in [3.8, 4) is 0 Å². The van der Waals surface area contributed by atoms with Crippen LogP contribution in [0.5, 0.6) is 0 Å². The lowest BCUT2D eigenvalue weighted by Gasteiger charge is -1.95. The number of rotatable bonds is 2. The van der Waals surface area contributed by atoms with Gasteiger partial charge in [0.25, 0.3) is 0 Å². The van der Waals surface area contributed by atoms with E-state index in [1.165, 1.54) is 0 Å². The Morgan fingerprint density at radius 2 is 2.15 bits per heavy atom. The van der Waals surface area contributed by atoms with Gasteiger partial charge in [-0.05, 0) is 18.7 Å². The second-order valence-electron chi connectivity index (χ2n) is 2.41. The maximum absolute atomic E-state index is 11.1. The maximum Gasteiger partial charge on any atom is 0.198 e. The quantitative estimate of drug-likeness (QED) is 0.654. The number of carbonyl (C=O) groups is 1. The highest BCUT2D eigenvalue weighted by atomic mass is 16.1. The monoisotopic (exact) mass is 180 g/mol. The van der Waals surface area contributed by atoms with Gasteiger partial charge in [-0.1, -0.05) is 26.5 Å². The predicted molar refractivity (Wildman–Crippen MR) is 55.7 cm³/mol. The molecule has 1 unspecified atom stereocenters. The van der Waals surface area contributed by atoms with Crippen LogP contribution in [-0.2, 0) is 4.79 Å². The van der Waals surface area contributed by atoms with E-state index in [1.807, 2.05) is 13.8 Å². The van der Waals surface area contributed by atoms with Crippen molar-refractivity contribution in [1.29, 1.82) is 0 Å². The number of nitrogens with zero attached hydrogens (tertiary/aromatic N) is 1. The van der Waals surface area contributed by atoms with Crippen molar-refractivity contribution in [2.75, 3.05) is 0 Å². The summed E-state index contributed by atoms with van der Waals surface area (Å²) in [7, 11) is 0. The minimum atomic E-state index is -0.441. The molecule has 0 aliphatic heterocycles. The Morgan fingerprint density at radius 3 is 2.46 bits per heavy atom. The zero-order valence-corrected chi connectivity index (χ0v) is 8.21. The predicted octanol–water partition coefficient (Wildman–Crippen LogP) is 1.45. The molecule has 1 aliphatic carbocycles. The van der Waals surface area contributed by atoms with Gasteiger partial charge in [0.2, 0.25) is 0 Å². The molecule has 0 spiro atoms. The summed E-state index contributed by atoms with van der Waals surface area (Å²) < 4.78 is 0. The molecule has 2 N–H and O–H groups in total. The molecule has 0 bridgehead atoms. The molecule has 0 radical (unpaired) electrons. The van der Waals surface area contributed by atoms with Crippen LogP contribution < -0.4 is 5.73 Å². The molecule has 72 valence electrons. The van der Waals surface area contributed by atoms with Crippen molar-refractivity contribution in [2.24, 2.45) is 10.7 Å². The van der Waals surface area contributed by atoms with Crippen molar-refractivity contribution in [1.82, 2.24) is 0 Å². The molecule has 0 fully saturated rings. The van der Waals surface area contributed by atoms with Crippen LogP contribution in [0.25, 0.3) is 0 Å². The maximum atomic E-state index is 11.1. The molecule has 13 heavy (non-hydrogen) atoms. The van der Waals surface area contributed by atoms with Gasteiger partial charge in [0, 0.05) is 0 Å². The number of nitrogens with two attached hydrogens (primary N) is 1. The van der Waals surface area contributed by atoms with Gasteiger partial charge in [-0.3, -0.25) is 9.79 Å². The van der Waals surface area contributed by atoms with Gasteiger partial charge >= 0.3 is 0 Å². The minimum absolute atomic E-state index is 0.130. The SMILES string of the molecule is C=CC1=C(N=C)C(=O)C(N)C1.CC. The normalized spacial score (nSPS) is 20.8. The third-order valence-corrected chi connectivity index (χ3v) is 1.72. The van der Waals surface area contributed by atoms with E-state index < -0.39 is 6.04 Å². The molecule has 1 aliphatic rings. The van der Waals surface area contributed by atoms with E-state index in [0.29, 0.717) is 12.1 Å². The van der Waals surface area contributed by atoms with Crippen molar-refractivity contribution in [3.63, 3.8) is 0 Å². The lowest BCUT2D eigenvalue weighted by molar-refractivity contribution is -0.116. The van der Waals surface area contributed by atoms with Crippen molar-refractivity contribution in [3.05, 3.63) is 23.9 Å². The molecular weight excluding hydrogens is 164 g/mol. The Hall–Kier alpha value is -1.22. The van der Waals surface area contributed by atoms with Crippen molar-refractivity contribution >= 4 is 12.5 Å². The second kappa shape index (κ2) is 5.43. The highest BCUT2D eigenvalue weighted by Gasteiger charge is 2.27. The number of aliphatic imine (C=N–C) groups is 1. The highest BCUT2D eigenvalue weighted by molar-refractivity contribution is 6.03. The van der Waals surface area contributed by atoms with Gasteiger partial charge in [0.1, 0.15) is 5.70 Å². The Kier molecular flexibility index (Phi) is 4.92. The number of hydrogen-bond donors (Lipinski definition) is 1. The van der Waals surface area contributed by atoms with E-state index in [2.05, 4.69) is 18.3 Å². The fourth-order valence-corrected chi connectivity index (χ4v) is 1.12. The van der Waals surface area contributed by atoms with E-state index in [9.17, 15) is 4.79 Å². The summed E-state index contributed by atoms with van der Waals surface area (Å²) in [5.74, 6) is -0.130. The van der Waals surface area contributed by atoms with Crippen LogP contribution in [0.4, 0.5) is 0 Å². The van der Waals surface area contributed by atoms with Crippen LogP contribution in [0, 0.1) is 0 Å². The van der Waals surface area contributed by atoms with E-state index >= 15 is 0 Å². The number of carbonyl (C=O) groups excluding carboxylic acids is 1. The average molecular weight is 180 g/mol. The van der Waals surface area contributed by atoms with Gasteiger partial charge in [0.05, 0.1) is 6.04 Å². The fraction of sp³-hybridized carbons (Fsp3) is 0.400. The van der Waals surface area contributed by atoms with Gasteiger partial charge in [-0.2, -0.15) is 0 Å². The molecule has 1 rings (SSSR count). The number of allylic oxidation sites excluding steroid dienone is 1. The summed E-state index contributed by atoms with van der Waals surface area (Å²) in [4.78, 5) is 14.7. The first-order valence-electron chi connectivity index (χ1n) is 4.32. The summed E-state index contributed by atoms with van der Waals surface area (Å²) in [6.07, 6.45) is 2.14. The topological polar surface area (TPSA) is 55.5 Å². The molecule has 3 heteroatoms. The number of Topliss-reactive ketones (excluding diaryl/α,β-unsaturated/α-hetero) is 1. The smallest absolute Gasteiger partial charge is 0.198 e. The van der Waals surface area contributed by atoms with Crippen LogP contribution in [0.3, 0.4) is 0 Å². The van der Waals surface area contributed by atoms with Crippen molar-refractivity contribution in [2.45, 2.75) is 26.3 Å². The highest BCUT2D eigenvalue weighted by Crippen LogP contribution is 2.23. The second-order valence-corrected chi connectivity index (χ2v) is 2.41. The fourth-order valence-electron chi connectivity index (χ4n) is 1.12. The molecule has 0 amide bonds. The molecule has 0 aromatic rings. The van der Waals surface area contributed by atoms with Gasteiger partial charge in [-0.15, -0.1) is 0 Å². The van der Waals surface area contributed by atoms with Crippen LogP contribution in [0.1, 0.15) is 20.3 Å². The Bertz CT molecular complexity index is 254. The molecule has 1 atom stereocenters. The minimum Gasteiger partial charge on any atom is -0.321 e. The van der Waals surface area contributed by atoms with E-state index in [1.54, 1.807) is 6.08 Å². The Balaban J connectivity index is 0.000000671. The van der Waals surface area contributed by atoms with E-state index in [4.69, 9.17) is 5.73 Å². The molecule has 0 heterocycles. The molecular formula is C10H16N2O. The largest absolute Gasteiger partial charge is 0.321 e. The zero-order valence-electron chi connectivity index (χ0n) is 8.21. The van der Waals surface area contributed by atoms with Crippen LogP contribution in [0.2, 0.25) is 0 Å². The summed E-state index contributed by atoms with van der Waals surface area (Å²) >= 11 is 0. The van der Waals surface area contributed by atoms with Crippen LogP contribution in [-0.4, -0.2) is 18.5 Å². The van der Waals surface area contributed by atoms with E-state index in [0.717, 1.165) is 5.57 Å². The van der Waals surface area contributed by atoms with Crippen molar-refractivity contribution < 1.29 is 4.79 Å². The first-order valence-corrected chi connectivity index (χ1v) is 4.32. The summed E-state index contributed by atoms with van der Waals surface area (Å²) in [6.45, 7) is 10.9. The zero-order chi connectivity index (χ0) is 10.4. The first-order chi connectivity index (χ1) is 6.20. The van der Waals surface area contributed by atoms with Crippen LogP contribution >= 0.6 is 0 Å². The average Bonchev–Trinajstić information content (AvgIpc) is 2.46. The molecule has 0 saturated carbocycles. The van der Waals surface area contributed by atoms with E-state index in [-0.39, 0.29) is 5.78 Å². The Labute approximate surface area is 79.0 Å². The Morgan fingerprint density at radius 1 is 1.62 bits per heavy atom. The third kappa shape index (κ3) is 2.36. The molecule has 0 saturated heterocycles. The van der Waals surface area contributed by atoms with Gasteiger partial charge in [-0.25, -0.2) is 0 Å². The molecule has 0 aromatic carbocycles. The van der Waals surface area contributed by atoms with Gasteiger partial charge < -0.3 is 5.73 Å². The number of hydrogen-bond acceptors (Lipinski definition) is 3. The molecule has 0 aromatic heterocycles. The standard InChI is InChI=1S/C8H10N2O.C2H6/c1-3-5-4-6(9)8(11)7(5)10-2;1-2/h3,6H,1-2,4,9H2;1-2H3. The van der Waals surface area contributed by atoms with Crippen LogP contribution in [0.15, 0.2) is 28.9 Å². The lowest BCUT2D eigenvalue weighted by atomic mass is 10.2. The molecule has 3 nitrogen and oxygen atoms in total. The number of ketones is 1. The van der Waals surface area contributed by atoms with Gasteiger partial charge in [0.15, 0.2) is 5.78 Å². The first kappa shape index (κ1) is 11.8. The summed E-state index contributed by atoms with van der Waals surface area (Å²) in [5.41, 5.74) is 6.67. The summed E-state index contributed by atoms with van der Waals surface area (Å²) in [6, 6.07) is -0.441. The summed E-state index contributed by atoms with van der Waals surface area (Å²) in [5, 5.41) is 0.